The molecule has 0 radical (unpaired) electrons. The maximum Gasteiger partial charge on any atom is 0.305 e. The average Bonchev–Trinajstić information content (AvgIpc) is 2.47. The quantitative estimate of drug-likeness (QED) is 0.635. The second-order valence-corrected chi connectivity index (χ2v) is 3.05. The SMILES string of the molecule is COC(=O)CC[C@H]1CNC[C@H]1F. The molecule has 1 N–H and O–H groups in total. The van der Waals surface area contributed by atoms with E-state index in [1.807, 2.05) is 0 Å². The van der Waals surface area contributed by atoms with Crippen LogP contribution in [0.3, 0.4) is 0 Å². The van der Waals surface area contributed by atoms with E-state index in [1.165, 1.54) is 7.11 Å². The van der Waals surface area contributed by atoms with E-state index < -0.39 is 6.17 Å². The third-order valence-corrected chi connectivity index (χ3v) is 2.20. The number of methoxy groups -OCH3 is 1. The van der Waals surface area contributed by atoms with Crippen molar-refractivity contribution in [3.63, 3.8) is 0 Å². The molecule has 12 heavy (non-hydrogen) atoms. The van der Waals surface area contributed by atoms with Gasteiger partial charge in [0.2, 0.25) is 0 Å². The van der Waals surface area contributed by atoms with Gasteiger partial charge in [-0.05, 0) is 6.42 Å². The first-order valence-corrected chi connectivity index (χ1v) is 4.15. The van der Waals surface area contributed by atoms with E-state index in [4.69, 9.17) is 0 Å². The van der Waals surface area contributed by atoms with Crippen molar-refractivity contribution in [3.05, 3.63) is 0 Å². The molecule has 3 nitrogen and oxygen atoms in total. The van der Waals surface area contributed by atoms with Gasteiger partial charge in [0, 0.05) is 25.4 Å². The predicted molar refractivity (Wildman–Crippen MR) is 42.5 cm³/mol. The monoisotopic (exact) mass is 175 g/mol. The van der Waals surface area contributed by atoms with Gasteiger partial charge in [-0.2, -0.15) is 0 Å². The van der Waals surface area contributed by atoms with E-state index in [0.29, 0.717) is 25.9 Å². The molecule has 0 amide bonds. The fraction of sp³-hybridized carbons (Fsp3) is 0.875. The topological polar surface area (TPSA) is 38.3 Å². The van der Waals surface area contributed by atoms with Crippen molar-refractivity contribution in [1.82, 2.24) is 5.32 Å². The van der Waals surface area contributed by atoms with Crippen LogP contribution < -0.4 is 5.32 Å². The van der Waals surface area contributed by atoms with Crippen molar-refractivity contribution in [3.8, 4) is 0 Å². The maximum absolute atomic E-state index is 12.9. The summed E-state index contributed by atoms with van der Waals surface area (Å²) in [5, 5.41) is 2.94. The third kappa shape index (κ3) is 2.44. The molecule has 1 rings (SSSR count). The number of hydrogen-bond donors (Lipinski definition) is 1. The number of hydrogen-bond acceptors (Lipinski definition) is 3. The Morgan fingerprint density at radius 2 is 2.42 bits per heavy atom. The fourth-order valence-corrected chi connectivity index (χ4v) is 1.39. The Hall–Kier alpha value is -0.640. The molecule has 0 saturated carbocycles. The van der Waals surface area contributed by atoms with E-state index in [-0.39, 0.29) is 11.9 Å². The molecule has 70 valence electrons. The zero-order valence-corrected chi connectivity index (χ0v) is 7.18. The molecule has 0 unspecified atom stereocenters. The zero-order valence-electron chi connectivity index (χ0n) is 7.18. The number of nitrogens with one attached hydrogen (secondary N) is 1. The summed E-state index contributed by atoms with van der Waals surface area (Å²) in [6, 6.07) is 0. The first kappa shape index (κ1) is 9.45. The molecular formula is C8H14FNO2. The Morgan fingerprint density at radius 3 is 2.92 bits per heavy atom. The van der Waals surface area contributed by atoms with Crippen LogP contribution in [0.2, 0.25) is 0 Å². The predicted octanol–water partition coefficient (Wildman–Crippen LogP) is 0.497. The summed E-state index contributed by atoms with van der Waals surface area (Å²) in [7, 11) is 1.35. The highest BCUT2D eigenvalue weighted by Crippen LogP contribution is 2.18. The van der Waals surface area contributed by atoms with Gasteiger partial charge in [-0.25, -0.2) is 4.39 Å². The zero-order chi connectivity index (χ0) is 8.97. The fourth-order valence-electron chi connectivity index (χ4n) is 1.39. The lowest BCUT2D eigenvalue weighted by Crippen LogP contribution is -2.15. The Morgan fingerprint density at radius 1 is 1.67 bits per heavy atom. The van der Waals surface area contributed by atoms with Crippen LogP contribution in [0.25, 0.3) is 0 Å². The van der Waals surface area contributed by atoms with E-state index in [2.05, 4.69) is 10.1 Å². The van der Waals surface area contributed by atoms with Gasteiger partial charge in [-0.15, -0.1) is 0 Å². The van der Waals surface area contributed by atoms with Crippen molar-refractivity contribution in [2.45, 2.75) is 19.0 Å². The number of carbonyl (C=O) groups excluding carboxylic acids is 1. The third-order valence-electron chi connectivity index (χ3n) is 2.20. The minimum absolute atomic E-state index is 0.0101. The Bertz CT molecular complexity index is 163. The van der Waals surface area contributed by atoms with Crippen molar-refractivity contribution in [2.24, 2.45) is 5.92 Å². The highest BCUT2D eigenvalue weighted by molar-refractivity contribution is 5.69. The van der Waals surface area contributed by atoms with Crippen LogP contribution in [-0.2, 0) is 9.53 Å². The molecule has 0 spiro atoms. The summed E-state index contributed by atoms with van der Waals surface area (Å²) in [5.41, 5.74) is 0. The van der Waals surface area contributed by atoms with Gasteiger partial charge < -0.3 is 10.1 Å². The number of esters is 1. The lowest BCUT2D eigenvalue weighted by molar-refractivity contribution is -0.141. The molecule has 1 aliphatic rings. The molecule has 0 aromatic heterocycles. The molecule has 1 saturated heterocycles. The van der Waals surface area contributed by atoms with Gasteiger partial charge in [0.05, 0.1) is 7.11 Å². The van der Waals surface area contributed by atoms with Crippen LogP contribution >= 0.6 is 0 Å². The van der Waals surface area contributed by atoms with Crippen LogP contribution in [0.15, 0.2) is 0 Å². The normalized spacial score (nSPS) is 28.8. The summed E-state index contributed by atoms with van der Waals surface area (Å²) in [4.78, 5) is 10.7. The molecule has 0 aliphatic carbocycles. The first-order chi connectivity index (χ1) is 5.74. The van der Waals surface area contributed by atoms with E-state index in [0.717, 1.165) is 0 Å². The maximum atomic E-state index is 12.9. The lowest BCUT2D eigenvalue weighted by atomic mass is 10.0. The van der Waals surface area contributed by atoms with Crippen molar-refractivity contribution < 1.29 is 13.9 Å². The van der Waals surface area contributed by atoms with Gasteiger partial charge >= 0.3 is 5.97 Å². The number of carbonyl (C=O) groups is 1. The van der Waals surface area contributed by atoms with Crippen molar-refractivity contribution >= 4 is 5.97 Å². The second kappa shape index (κ2) is 4.40. The van der Waals surface area contributed by atoms with Crippen LogP contribution in [-0.4, -0.2) is 32.3 Å². The van der Waals surface area contributed by atoms with Crippen LogP contribution in [0.5, 0.6) is 0 Å². The Labute approximate surface area is 71.3 Å². The molecule has 0 aromatic rings. The van der Waals surface area contributed by atoms with E-state index in [1.54, 1.807) is 0 Å². The van der Waals surface area contributed by atoms with E-state index >= 15 is 0 Å². The summed E-state index contributed by atoms with van der Waals surface area (Å²) < 4.78 is 17.4. The average molecular weight is 175 g/mol. The van der Waals surface area contributed by atoms with E-state index in [9.17, 15) is 9.18 Å². The summed E-state index contributed by atoms with van der Waals surface area (Å²) in [5.74, 6) is -0.266. The summed E-state index contributed by atoms with van der Waals surface area (Å²) in [6.07, 6.45) is 0.110. The molecule has 4 heteroatoms. The molecule has 1 fully saturated rings. The lowest BCUT2D eigenvalue weighted by Gasteiger charge is -2.09. The molecule has 1 heterocycles. The molecule has 0 bridgehead atoms. The van der Waals surface area contributed by atoms with Gasteiger partial charge in [-0.1, -0.05) is 0 Å². The number of ether oxygens (including phenoxy) is 1. The minimum Gasteiger partial charge on any atom is -0.469 e. The van der Waals surface area contributed by atoms with Gasteiger partial charge in [0.15, 0.2) is 0 Å². The van der Waals surface area contributed by atoms with Crippen LogP contribution in [0.4, 0.5) is 4.39 Å². The van der Waals surface area contributed by atoms with Gasteiger partial charge in [0.1, 0.15) is 6.17 Å². The number of alkyl halides is 1. The highest BCUT2D eigenvalue weighted by Gasteiger charge is 2.26. The largest absolute Gasteiger partial charge is 0.469 e. The Kier molecular flexibility index (Phi) is 3.47. The second-order valence-electron chi connectivity index (χ2n) is 3.05. The van der Waals surface area contributed by atoms with Crippen molar-refractivity contribution in [1.29, 1.82) is 0 Å². The highest BCUT2D eigenvalue weighted by atomic mass is 19.1. The first-order valence-electron chi connectivity index (χ1n) is 4.15. The smallest absolute Gasteiger partial charge is 0.305 e. The summed E-state index contributed by atoms with van der Waals surface area (Å²) >= 11 is 0. The Balaban J connectivity index is 2.18. The summed E-state index contributed by atoms with van der Waals surface area (Å²) in [6.45, 7) is 1.10. The van der Waals surface area contributed by atoms with Gasteiger partial charge in [-0.3, -0.25) is 4.79 Å². The minimum atomic E-state index is -0.797. The number of rotatable bonds is 3. The standard InChI is InChI=1S/C8H14FNO2/c1-12-8(11)3-2-6-4-10-5-7(6)9/h6-7,10H,2-5H2,1H3/t6-,7+/m0/s1. The molecule has 2 atom stereocenters. The van der Waals surface area contributed by atoms with Crippen LogP contribution in [0, 0.1) is 5.92 Å². The molecular weight excluding hydrogens is 161 g/mol. The number of halogens is 1. The van der Waals surface area contributed by atoms with Gasteiger partial charge in [0.25, 0.3) is 0 Å². The van der Waals surface area contributed by atoms with Crippen molar-refractivity contribution in [2.75, 3.05) is 20.2 Å². The molecule has 1 aliphatic heterocycles. The molecule has 0 aromatic carbocycles. The van der Waals surface area contributed by atoms with Crippen LogP contribution in [0.1, 0.15) is 12.8 Å².